The predicted octanol–water partition coefficient (Wildman–Crippen LogP) is 3.41. The van der Waals surface area contributed by atoms with E-state index < -0.39 is 35.5 Å². The number of halogens is 3. The zero-order valence-corrected chi connectivity index (χ0v) is 13.0. The Bertz CT molecular complexity index is 773. The van der Waals surface area contributed by atoms with E-state index >= 15 is 0 Å². The van der Waals surface area contributed by atoms with Crippen molar-refractivity contribution in [3.05, 3.63) is 42.0 Å². The van der Waals surface area contributed by atoms with Crippen molar-refractivity contribution in [1.82, 2.24) is 0 Å². The lowest BCUT2D eigenvalue weighted by Crippen LogP contribution is -2.48. The molecule has 0 radical (unpaired) electrons. The highest BCUT2D eigenvalue weighted by atomic mass is 19.4. The lowest BCUT2D eigenvalue weighted by atomic mass is 9.62. The highest BCUT2D eigenvalue weighted by Crippen LogP contribution is 2.63. The number of benzene rings is 1. The van der Waals surface area contributed by atoms with Gasteiger partial charge in [-0.1, -0.05) is 18.2 Å². The first-order chi connectivity index (χ1) is 11.8. The van der Waals surface area contributed by atoms with Gasteiger partial charge >= 0.3 is 12.1 Å². The molecule has 5 rings (SSSR count). The van der Waals surface area contributed by atoms with Crippen molar-refractivity contribution in [3.63, 3.8) is 0 Å². The fourth-order valence-corrected chi connectivity index (χ4v) is 4.57. The number of carboxylic acid groups (broad SMARTS) is 1. The Morgan fingerprint density at radius 1 is 1.08 bits per heavy atom. The molecule has 1 amide bonds. The fraction of sp³-hybridized carbons (Fsp3) is 0.444. The summed E-state index contributed by atoms with van der Waals surface area (Å²) in [5.41, 5.74) is -0.825. The lowest BCUT2D eigenvalue weighted by Gasteiger charge is -2.41. The second-order valence-corrected chi connectivity index (χ2v) is 7.06. The first-order valence-electron chi connectivity index (χ1n) is 8.16. The summed E-state index contributed by atoms with van der Waals surface area (Å²) in [5, 5.41) is 12.1. The smallest absolute Gasteiger partial charge is 0.416 e. The maximum Gasteiger partial charge on any atom is 0.416 e. The van der Waals surface area contributed by atoms with Gasteiger partial charge in [-0.3, -0.25) is 9.59 Å². The molecule has 0 aromatic heterocycles. The second kappa shape index (κ2) is 5.34. The van der Waals surface area contributed by atoms with Crippen LogP contribution in [0.2, 0.25) is 0 Å². The van der Waals surface area contributed by atoms with Crippen molar-refractivity contribution in [1.29, 1.82) is 0 Å². The van der Waals surface area contributed by atoms with Gasteiger partial charge in [-0.05, 0) is 48.3 Å². The molecule has 25 heavy (non-hydrogen) atoms. The third-order valence-corrected chi connectivity index (χ3v) is 5.70. The van der Waals surface area contributed by atoms with E-state index in [2.05, 4.69) is 5.32 Å². The van der Waals surface area contributed by atoms with Gasteiger partial charge in [0.2, 0.25) is 5.91 Å². The average molecular weight is 351 g/mol. The van der Waals surface area contributed by atoms with Gasteiger partial charge in [0.1, 0.15) is 0 Å². The van der Waals surface area contributed by atoms with Crippen molar-refractivity contribution >= 4 is 17.6 Å². The van der Waals surface area contributed by atoms with Gasteiger partial charge in [-0.15, -0.1) is 0 Å². The van der Waals surface area contributed by atoms with Crippen LogP contribution in [0.25, 0.3) is 0 Å². The number of alkyl halides is 3. The minimum atomic E-state index is -4.50. The first-order valence-corrected chi connectivity index (χ1v) is 8.16. The Labute approximate surface area is 141 Å². The number of hydrogen-bond acceptors (Lipinski definition) is 2. The molecular formula is C18H16F3NO3. The summed E-state index contributed by atoms with van der Waals surface area (Å²) in [6, 6.07) is 4.39. The van der Waals surface area contributed by atoms with Gasteiger partial charge in [-0.2, -0.15) is 13.2 Å². The average Bonchev–Trinajstić information content (AvgIpc) is 3.35. The number of fused-ring (bicyclic) bond motifs is 1. The topological polar surface area (TPSA) is 66.4 Å². The SMILES string of the molecule is O=C(Nc1cccc(C(F)(F)F)c1)[C@@H]1[C@@H]2C=C[C@H]([C@H]3C[C@H]23)[C@@H]1C(=O)O. The van der Waals surface area contributed by atoms with Crippen LogP contribution in [-0.2, 0) is 15.8 Å². The van der Waals surface area contributed by atoms with E-state index in [1.54, 1.807) is 0 Å². The molecule has 0 unspecified atom stereocenters. The summed E-state index contributed by atoms with van der Waals surface area (Å²) in [4.78, 5) is 24.4. The minimum absolute atomic E-state index is 0.0294. The van der Waals surface area contributed by atoms with Crippen LogP contribution in [0, 0.1) is 35.5 Å². The summed E-state index contributed by atoms with van der Waals surface area (Å²) < 4.78 is 38.4. The molecule has 1 aromatic rings. The van der Waals surface area contributed by atoms with Crippen LogP contribution in [-0.4, -0.2) is 17.0 Å². The third kappa shape index (κ3) is 2.62. The van der Waals surface area contributed by atoms with Crippen molar-refractivity contribution in [3.8, 4) is 0 Å². The van der Waals surface area contributed by atoms with Gasteiger partial charge in [-0.25, -0.2) is 0 Å². The maximum absolute atomic E-state index is 12.8. The van der Waals surface area contributed by atoms with Gasteiger partial charge in [0.15, 0.2) is 0 Å². The van der Waals surface area contributed by atoms with Crippen molar-refractivity contribution in [2.45, 2.75) is 12.6 Å². The number of carbonyl (C=O) groups is 2. The standard InChI is InChI=1S/C18H16F3NO3/c19-18(20,21)8-2-1-3-9(6-8)22-16(23)14-10-4-5-11(13-7-12(10)13)15(14)17(24)25/h1-6,10-15H,7H2,(H,22,23)(H,24,25)/t10-,11-,12-,13-,14-,15+/m1/s1. The fourth-order valence-electron chi connectivity index (χ4n) is 4.57. The molecule has 2 fully saturated rings. The number of rotatable bonds is 3. The van der Waals surface area contributed by atoms with Crippen LogP contribution >= 0.6 is 0 Å². The Balaban J connectivity index is 1.59. The Morgan fingerprint density at radius 2 is 1.72 bits per heavy atom. The van der Waals surface area contributed by atoms with Crippen molar-refractivity contribution in [2.75, 3.05) is 5.32 Å². The van der Waals surface area contributed by atoms with E-state index in [1.807, 2.05) is 12.2 Å². The summed E-state index contributed by atoms with van der Waals surface area (Å²) in [6.45, 7) is 0. The molecule has 4 aliphatic carbocycles. The number of allylic oxidation sites excluding steroid dienone is 2. The Hall–Kier alpha value is -2.31. The van der Waals surface area contributed by atoms with Crippen molar-refractivity contribution in [2.24, 2.45) is 35.5 Å². The van der Waals surface area contributed by atoms with E-state index in [9.17, 15) is 27.9 Å². The summed E-state index contributed by atoms with van der Waals surface area (Å²) in [5.74, 6) is -2.76. The molecule has 4 aliphatic rings. The number of carboxylic acids is 1. The molecule has 7 heteroatoms. The number of anilines is 1. The van der Waals surface area contributed by atoms with E-state index in [-0.39, 0.29) is 17.5 Å². The number of amides is 1. The molecule has 0 spiro atoms. The molecule has 132 valence electrons. The molecule has 0 heterocycles. The highest BCUT2D eigenvalue weighted by molar-refractivity contribution is 5.96. The van der Waals surface area contributed by atoms with E-state index in [1.165, 1.54) is 12.1 Å². The van der Waals surface area contributed by atoms with Crippen LogP contribution in [0.4, 0.5) is 18.9 Å². The zero-order chi connectivity index (χ0) is 17.9. The van der Waals surface area contributed by atoms with Crippen molar-refractivity contribution < 1.29 is 27.9 Å². The van der Waals surface area contributed by atoms with E-state index in [0.29, 0.717) is 11.8 Å². The minimum Gasteiger partial charge on any atom is -0.481 e. The first kappa shape index (κ1) is 16.2. The number of nitrogens with one attached hydrogen (secondary N) is 1. The molecule has 2 N–H and O–H groups in total. The van der Waals surface area contributed by atoms with Gasteiger partial charge in [0.25, 0.3) is 0 Å². The van der Waals surface area contributed by atoms with Crippen LogP contribution in [0.1, 0.15) is 12.0 Å². The van der Waals surface area contributed by atoms with Gasteiger partial charge in [0, 0.05) is 5.69 Å². The van der Waals surface area contributed by atoms with Gasteiger partial charge < -0.3 is 10.4 Å². The quantitative estimate of drug-likeness (QED) is 0.820. The molecule has 0 aliphatic heterocycles. The summed E-state index contributed by atoms with van der Waals surface area (Å²) >= 11 is 0. The van der Waals surface area contributed by atoms with Crippen LogP contribution in [0.3, 0.4) is 0 Å². The summed E-state index contributed by atoms with van der Waals surface area (Å²) in [7, 11) is 0. The zero-order valence-electron chi connectivity index (χ0n) is 13.0. The normalized spacial score (nSPS) is 35.2. The third-order valence-electron chi connectivity index (χ3n) is 5.70. The van der Waals surface area contributed by atoms with E-state index in [4.69, 9.17) is 0 Å². The van der Waals surface area contributed by atoms with Crippen LogP contribution < -0.4 is 5.32 Å². The molecule has 1 aromatic carbocycles. The summed E-state index contributed by atoms with van der Waals surface area (Å²) in [6.07, 6.45) is 0.220. The molecule has 6 atom stereocenters. The Morgan fingerprint density at radius 3 is 2.32 bits per heavy atom. The van der Waals surface area contributed by atoms with Gasteiger partial charge in [0.05, 0.1) is 17.4 Å². The number of carbonyl (C=O) groups excluding carboxylic acids is 1. The lowest BCUT2D eigenvalue weighted by molar-refractivity contribution is -0.152. The highest BCUT2D eigenvalue weighted by Gasteiger charge is 2.62. The maximum atomic E-state index is 12.8. The molecule has 0 saturated heterocycles. The second-order valence-electron chi connectivity index (χ2n) is 7.06. The Kier molecular flexibility index (Phi) is 3.46. The monoisotopic (exact) mass is 351 g/mol. The van der Waals surface area contributed by atoms with E-state index in [0.717, 1.165) is 18.6 Å². The number of hydrogen-bond donors (Lipinski definition) is 2. The molecular weight excluding hydrogens is 335 g/mol. The van der Waals surface area contributed by atoms with Crippen LogP contribution in [0.15, 0.2) is 36.4 Å². The predicted molar refractivity (Wildman–Crippen MR) is 82.4 cm³/mol. The molecule has 2 bridgehead atoms. The largest absolute Gasteiger partial charge is 0.481 e. The molecule has 2 saturated carbocycles. The number of aliphatic carboxylic acids is 1. The molecule has 4 nitrogen and oxygen atoms in total. The van der Waals surface area contributed by atoms with Crippen LogP contribution in [0.5, 0.6) is 0 Å².